The summed E-state index contributed by atoms with van der Waals surface area (Å²) in [4.78, 5) is 2.25. The summed E-state index contributed by atoms with van der Waals surface area (Å²) in [6, 6.07) is 6.27. The first-order valence-corrected chi connectivity index (χ1v) is 6.93. The number of nitrogens with zero attached hydrogens (tertiary/aromatic N) is 1. The summed E-state index contributed by atoms with van der Waals surface area (Å²) in [6.07, 6.45) is 1.87. The molecule has 1 aliphatic rings. The van der Waals surface area contributed by atoms with Gasteiger partial charge in [0.15, 0.2) is 11.6 Å². The lowest BCUT2D eigenvalue weighted by Gasteiger charge is -2.32. The minimum atomic E-state index is -0.579. The van der Waals surface area contributed by atoms with Gasteiger partial charge in [-0.2, -0.15) is 0 Å². The molecular formula is C15H22FNO2. The van der Waals surface area contributed by atoms with Crippen LogP contribution >= 0.6 is 0 Å². The second-order valence-corrected chi connectivity index (χ2v) is 5.40. The number of aliphatic hydroxyl groups is 1. The molecule has 2 atom stereocenters. The zero-order valence-corrected chi connectivity index (χ0v) is 11.4. The average molecular weight is 267 g/mol. The first-order chi connectivity index (χ1) is 9.15. The number of halogens is 1. The Labute approximate surface area is 114 Å². The second kappa shape index (κ2) is 6.87. The molecule has 0 amide bonds. The first-order valence-electron chi connectivity index (χ1n) is 6.93. The molecule has 1 saturated heterocycles. The molecule has 106 valence electrons. The fourth-order valence-corrected chi connectivity index (χ4v) is 2.55. The van der Waals surface area contributed by atoms with E-state index in [9.17, 15) is 9.50 Å². The second-order valence-electron chi connectivity index (χ2n) is 5.40. The summed E-state index contributed by atoms with van der Waals surface area (Å²) in [6.45, 7) is 5.01. The molecule has 19 heavy (non-hydrogen) atoms. The number of benzene rings is 1. The van der Waals surface area contributed by atoms with E-state index >= 15 is 0 Å². The molecule has 0 spiro atoms. The molecule has 1 aromatic carbocycles. The Morgan fingerprint density at radius 3 is 3.00 bits per heavy atom. The Bertz CT molecular complexity index is 399. The molecule has 2 rings (SSSR count). The maximum absolute atomic E-state index is 13.3. The van der Waals surface area contributed by atoms with Crippen LogP contribution in [0.2, 0.25) is 0 Å². The van der Waals surface area contributed by atoms with E-state index < -0.39 is 6.10 Å². The number of aliphatic hydroxyl groups excluding tert-OH is 1. The van der Waals surface area contributed by atoms with E-state index in [2.05, 4.69) is 11.8 Å². The van der Waals surface area contributed by atoms with Crippen LogP contribution in [0.5, 0.6) is 5.75 Å². The van der Waals surface area contributed by atoms with Crippen molar-refractivity contribution in [3.63, 3.8) is 0 Å². The molecule has 2 unspecified atom stereocenters. The number of para-hydroxylation sites is 1. The van der Waals surface area contributed by atoms with Crippen molar-refractivity contribution in [1.29, 1.82) is 0 Å². The minimum Gasteiger partial charge on any atom is -0.488 e. The number of ether oxygens (including phenoxy) is 1. The van der Waals surface area contributed by atoms with Gasteiger partial charge in [-0.15, -0.1) is 0 Å². The van der Waals surface area contributed by atoms with Crippen molar-refractivity contribution in [2.75, 3.05) is 26.2 Å². The summed E-state index contributed by atoms with van der Waals surface area (Å²) in [7, 11) is 0. The number of hydrogen-bond donors (Lipinski definition) is 1. The molecule has 0 aromatic heterocycles. The van der Waals surface area contributed by atoms with Gasteiger partial charge in [0.1, 0.15) is 12.7 Å². The topological polar surface area (TPSA) is 32.7 Å². The van der Waals surface area contributed by atoms with Crippen LogP contribution in [-0.2, 0) is 0 Å². The van der Waals surface area contributed by atoms with E-state index in [0.29, 0.717) is 12.5 Å². The maximum atomic E-state index is 13.3. The Morgan fingerprint density at radius 1 is 1.47 bits per heavy atom. The summed E-state index contributed by atoms with van der Waals surface area (Å²) in [5.41, 5.74) is 0. The number of hydrogen-bond acceptors (Lipinski definition) is 3. The third-order valence-electron chi connectivity index (χ3n) is 3.48. The Hall–Kier alpha value is -1.13. The van der Waals surface area contributed by atoms with Gasteiger partial charge in [-0.3, -0.25) is 0 Å². The van der Waals surface area contributed by atoms with Crippen LogP contribution in [0.15, 0.2) is 24.3 Å². The van der Waals surface area contributed by atoms with Gasteiger partial charge in [-0.05, 0) is 37.4 Å². The lowest BCUT2D eigenvalue weighted by molar-refractivity contribution is 0.0526. The normalized spacial score (nSPS) is 22.2. The fourth-order valence-electron chi connectivity index (χ4n) is 2.55. The highest BCUT2D eigenvalue weighted by Gasteiger charge is 2.19. The summed E-state index contributed by atoms with van der Waals surface area (Å²) in [5, 5.41) is 9.95. The van der Waals surface area contributed by atoms with Crippen LogP contribution in [-0.4, -0.2) is 42.4 Å². The highest BCUT2D eigenvalue weighted by Crippen LogP contribution is 2.17. The van der Waals surface area contributed by atoms with E-state index in [1.54, 1.807) is 18.2 Å². The largest absolute Gasteiger partial charge is 0.488 e. The smallest absolute Gasteiger partial charge is 0.165 e. The summed E-state index contributed by atoms with van der Waals surface area (Å²) >= 11 is 0. The van der Waals surface area contributed by atoms with Crippen molar-refractivity contribution < 1.29 is 14.2 Å². The Balaban J connectivity index is 1.75. The van der Waals surface area contributed by atoms with Crippen LogP contribution in [0.4, 0.5) is 4.39 Å². The SMILES string of the molecule is CC1CCCN(CC(O)COc2ccccc2F)C1. The first kappa shape index (κ1) is 14.3. The molecule has 1 fully saturated rings. The Kier molecular flexibility index (Phi) is 5.16. The van der Waals surface area contributed by atoms with Gasteiger partial charge in [0.25, 0.3) is 0 Å². The third kappa shape index (κ3) is 4.48. The number of rotatable bonds is 5. The quantitative estimate of drug-likeness (QED) is 0.888. The van der Waals surface area contributed by atoms with Gasteiger partial charge in [0.2, 0.25) is 0 Å². The van der Waals surface area contributed by atoms with Gasteiger partial charge in [-0.1, -0.05) is 19.1 Å². The highest BCUT2D eigenvalue weighted by molar-refractivity contribution is 5.23. The van der Waals surface area contributed by atoms with Gasteiger partial charge in [-0.25, -0.2) is 4.39 Å². The molecule has 3 nitrogen and oxygen atoms in total. The highest BCUT2D eigenvalue weighted by atomic mass is 19.1. The van der Waals surface area contributed by atoms with Crippen molar-refractivity contribution in [3.8, 4) is 5.75 Å². The predicted molar refractivity (Wildman–Crippen MR) is 72.7 cm³/mol. The van der Waals surface area contributed by atoms with Crippen molar-refractivity contribution in [3.05, 3.63) is 30.1 Å². The van der Waals surface area contributed by atoms with Gasteiger partial charge < -0.3 is 14.7 Å². The van der Waals surface area contributed by atoms with Crippen molar-refractivity contribution in [2.24, 2.45) is 5.92 Å². The van der Waals surface area contributed by atoms with Gasteiger partial charge in [0, 0.05) is 13.1 Å². The zero-order chi connectivity index (χ0) is 13.7. The molecule has 1 N–H and O–H groups in total. The van der Waals surface area contributed by atoms with Crippen LogP contribution in [0.3, 0.4) is 0 Å². The minimum absolute atomic E-state index is 0.131. The molecule has 0 saturated carbocycles. The third-order valence-corrected chi connectivity index (χ3v) is 3.48. The molecular weight excluding hydrogens is 245 g/mol. The van der Waals surface area contributed by atoms with Crippen molar-refractivity contribution in [1.82, 2.24) is 4.90 Å². The standard InChI is InChI=1S/C15H22FNO2/c1-12-5-4-8-17(9-12)10-13(18)11-19-15-7-3-2-6-14(15)16/h2-3,6-7,12-13,18H,4-5,8-11H2,1H3. The monoisotopic (exact) mass is 267 g/mol. The summed E-state index contributed by atoms with van der Waals surface area (Å²) < 4.78 is 18.6. The molecule has 1 heterocycles. The zero-order valence-electron chi connectivity index (χ0n) is 11.4. The molecule has 4 heteroatoms. The van der Waals surface area contributed by atoms with Crippen LogP contribution in [0.25, 0.3) is 0 Å². The molecule has 0 radical (unpaired) electrons. The Morgan fingerprint density at radius 2 is 2.26 bits per heavy atom. The lowest BCUT2D eigenvalue weighted by Crippen LogP contribution is -2.41. The molecule has 0 bridgehead atoms. The fraction of sp³-hybridized carbons (Fsp3) is 0.600. The van der Waals surface area contributed by atoms with E-state index in [0.717, 1.165) is 13.1 Å². The maximum Gasteiger partial charge on any atom is 0.165 e. The van der Waals surface area contributed by atoms with E-state index in [1.807, 2.05) is 0 Å². The van der Waals surface area contributed by atoms with E-state index in [-0.39, 0.29) is 18.2 Å². The number of β-amino-alcohol motifs (C(OH)–C–C–N with tert-alkyl or cyclic N) is 1. The van der Waals surface area contributed by atoms with Crippen LogP contribution in [0.1, 0.15) is 19.8 Å². The van der Waals surface area contributed by atoms with Crippen LogP contribution < -0.4 is 4.74 Å². The number of piperidine rings is 1. The van der Waals surface area contributed by atoms with E-state index in [1.165, 1.54) is 18.9 Å². The average Bonchev–Trinajstić information content (AvgIpc) is 2.38. The van der Waals surface area contributed by atoms with Gasteiger partial charge in [0.05, 0.1) is 0 Å². The molecule has 1 aliphatic heterocycles. The van der Waals surface area contributed by atoms with Crippen molar-refractivity contribution in [2.45, 2.75) is 25.9 Å². The van der Waals surface area contributed by atoms with E-state index in [4.69, 9.17) is 4.74 Å². The lowest BCUT2D eigenvalue weighted by atomic mass is 10.0. The summed E-state index contributed by atoms with van der Waals surface area (Å²) in [5.74, 6) is 0.503. The molecule has 0 aliphatic carbocycles. The van der Waals surface area contributed by atoms with Gasteiger partial charge >= 0.3 is 0 Å². The molecule has 1 aromatic rings. The predicted octanol–water partition coefficient (Wildman–Crippen LogP) is 2.30. The van der Waals surface area contributed by atoms with Crippen molar-refractivity contribution >= 4 is 0 Å². The van der Waals surface area contributed by atoms with Crippen LogP contribution in [0, 0.1) is 11.7 Å². The number of likely N-dealkylation sites (tertiary alicyclic amines) is 1.